The maximum absolute atomic E-state index is 11.1. The zero-order valence-corrected chi connectivity index (χ0v) is 13.7. The number of alkyl halides is 1. The monoisotopic (exact) mass is 353 g/mol. The Labute approximate surface area is 141 Å². The van der Waals surface area contributed by atoms with Gasteiger partial charge in [-0.2, -0.15) is 0 Å². The van der Waals surface area contributed by atoms with Crippen molar-refractivity contribution in [1.29, 1.82) is 0 Å². The third-order valence-electron chi connectivity index (χ3n) is 5.49. The minimum Gasteiger partial charge on any atom is -0.383 e. The number of amides is 1. The van der Waals surface area contributed by atoms with Gasteiger partial charge < -0.3 is 20.3 Å². The second-order valence-corrected chi connectivity index (χ2v) is 6.91. The molecule has 2 aliphatic rings. The highest BCUT2D eigenvalue weighted by molar-refractivity contribution is 6.18. The fourth-order valence-electron chi connectivity index (χ4n) is 3.99. The molecule has 1 aliphatic carbocycles. The number of carbonyl (C=O) groups excluding carboxylic acids is 1. The maximum Gasteiger partial charge on any atom is 0.212 e. The summed E-state index contributed by atoms with van der Waals surface area (Å²) >= 11 is 5.92. The normalized spacial score (nSPS) is 36.5. The Morgan fingerprint density at radius 2 is 2.12 bits per heavy atom. The second-order valence-electron chi connectivity index (χ2n) is 6.60. The van der Waals surface area contributed by atoms with Crippen LogP contribution in [0.25, 0.3) is 11.2 Å². The molecule has 2 aromatic heterocycles. The first-order valence-corrected chi connectivity index (χ1v) is 7.92. The van der Waals surface area contributed by atoms with E-state index in [9.17, 15) is 15.0 Å². The number of hydrogen-bond acceptors (Lipinski definition) is 7. The highest BCUT2D eigenvalue weighted by Gasteiger charge is 2.92. The lowest BCUT2D eigenvalue weighted by molar-refractivity contribution is -0.105. The van der Waals surface area contributed by atoms with Crippen LogP contribution in [-0.2, 0) is 9.53 Å². The molecule has 24 heavy (non-hydrogen) atoms. The van der Waals surface area contributed by atoms with E-state index < -0.39 is 28.9 Å². The van der Waals surface area contributed by atoms with Gasteiger partial charge in [-0.05, 0) is 0 Å². The average Bonchev–Trinajstić information content (AvgIpc) is 2.94. The third kappa shape index (κ3) is 1.47. The topological polar surface area (TPSA) is 122 Å². The molecule has 10 heteroatoms. The highest BCUT2D eigenvalue weighted by atomic mass is 35.5. The predicted octanol–water partition coefficient (Wildman–Crippen LogP) is 0.0328. The molecule has 0 unspecified atom stereocenters. The Morgan fingerprint density at radius 1 is 1.38 bits per heavy atom. The van der Waals surface area contributed by atoms with Crippen LogP contribution in [0.3, 0.4) is 0 Å². The van der Waals surface area contributed by atoms with Crippen molar-refractivity contribution in [3.8, 4) is 0 Å². The van der Waals surface area contributed by atoms with Crippen LogP contribution in [0.4, 0.5) is 5.82 Å². The number of halogens is 1. The SMILES string of the molecule is CC1(C)[C@]2(O)[C@H](n3cnc4c(NC=O)ncnc43)O[C@H](CCl)[C@]12O. The van der Waals surface area contributed by atoms with Gasteiger partial charge in [0.15, 0.2) is 23.2 Å². The Hall–Kier alpha value is -1.81. The number of rotatable bonds is 4. The van der Waals surface area contributed by atoms with Gasteiger partial charge in [0.2, 0.25) is 6.41 Å². The van der Waals surface area contributed by atoms with E-state index in [1.54, 1.807) is 13.8 Å². The summed E-state index contributed by atoms with van der Waals surface area (Å²) in [6.45, 7) is 3.52. The number of carbonyl (C=O) groups is 1. The van der Waals surface area contributed by atoms with Crippen molar-refractivity contribution in [2.75, 3.05) is 11.2 Å². The zero-order chi connectivity index (χ0) is 17.3. The molecular formula is C14H16ClN5O4. The molecule has 0 bridgehead atoms. The molecule has 1 saturated heterocycles. The highest BCUT2D eigenvalue weighted by Crippen LogP contribution is 2.75. The number of anilines is 1. The van der Waals surface area contributed by atoms with Gasteiger partial charge in [0.1, 0.15) is 23.6 Å². The Balaban J connectivity index is 1.85. The average molecular weight is 354 g/mol. The lowest BCUT2D eigenvalue weighted by Crippen LogP contribution is -2.34. The molecule has 0 spiro atoms. The minimum absolute atomic E-state index is 0.0400. The van der Waals surface area contributed by atoms with Crippen molar-refractivity contribution in [1.82, 2.24) is 19.5 Å². The van der Waals surface area contributed by atoms with Crippen LogP contribution in [0.1, 0.15) is 20.1 Å². The van der Waals surface area contributed by atoms with E-state index in [0.29, 0.717) is 17.6 Å². The molecular weight excluding hydrogens is 338 g/mol. The van der Waals surface area contributed by atoms with Crippen LogP contribution in [-0.4, -0.2) is 59.3 Å². The molecule has 4 atom stereocenters. The Kier molecular flexibility index (Phi) is 3.03. The molecule has 3 heterocycles. The van der Waals surface area contributed by atoms with Gasteiger partial charge in [-0.3, -0.25) is 9.36 Å². The van der Waals surface area contributed by atoms with Crippen molar-refractivity contribution < 1.29 is 19.7 Å². The number of fused-ring (bicyclic) bond motifs is 2. The Bertz CT molecular complexity index is 842. The van der Waals surface area contributed by atoms with Gasteiger partial charge in [0.05, 0.1) is 12.2 Å². The van der Waals surface area contributed by atoms with E-state index in [-0.39, 0.29) is 11.7 Å². The fourth-order valence-corrected chi connectivity index (χ4v) is 4.29. The van der Waals surface area contributed by atoms with E-state index in [0.717, 1.165) is 0 Å². The van der Waals surface area contributed by atoms with Gasteiger partial charge in [-0.25, -0.2) is 15.0 Å². The quantitative estimate of drug-likeness (QED) is 0.523. The summed E-state index contributed by atoms with van der Waals surface area (Å²) in [5.74, 6) is 0.288. The van der Waals surface area contributed by atoms with E-state index >= 15 is 0 Å². The Morgan fingerprint density at radius 3 is 2.75 bits per heavy atom. The minimum atomic E-state index is -1.53. The summed E-state index contributed by atoms with van der Waals surface area (Å²) in [5.41, 5.74) is -3.08. The molecule has 0 radical (unpaired) electrons. The molecule has 2 fully saturated rings. The molecule has 1 saturated carbocycles. The third-order valence-corrected chi connectivity index (χ3v) is 5.77. The van der Waals surface area contributed by atoms with E-state index in [1.807, 2.05) is 0 Å². The molecule has 9 nitrogen and oxygen atoms in total. The number of aliphatic hydroxyl groups is 2. The second kappa shape index (κ2) is 4.63. The molecule has 4 rings (SSSR count). The van der Waals surface area contributed by atoms with Crippen molar-refractivity contribution in [2.24, 2.45) is 5.41 Å². The first-order chi connectivity index (χ1) is 11.3. The summed E-state index contributed by atoms with van der Waals surface area (Å²) in [7, 11) is 0. The molecule has 0 aromatic carbocycles. The lowest BCUT2D eigenvalue weighted by Gasteiger charge is -2.26. The van der Waals surface area contributed by atoms with Crippen molar-refractivity contribution in [3.05, 3.63) is 12.7 Å². The summed E-state index contributed by atoms with van der Waals surface area (Å²) in [5, 5.41) is 24.5. The van der Waals surface area contributed by atoms with Crippen LogP contribution in [0.15, 0.2) is 12.7 Å². The van der Waals surface area contributed by atoms with Gasteiger partial charge in [0, 0.05) is 5.41 Å². The molecule has 2 aromatic rings. The summed E-state index contributed by atoms with van der Waals surface area (Å²) < 4.78 is 7.33. The first-order valence-electron chi connectivity index (χ1n) is 7.38. The smallest absolute Gasteiger partial charge is 0.212 e. The predicted molar refractivity (Wildman–Crippen MR) is 83.3 cm³/mol. The lowest BCUT2D eigenvalue weighted by atomic mass is 10.0. The zero-order valence-electron chi connectivity index (χ0n) is 13.0. The van der Waals surface area contributed by atoms with Crippen LogP contribution in [0.5, 0.6) is 0 Å². The molecule has 3 N–H and O–H groups in total. The number of nitrogens with one attached hydrogen (secondary N) is 1. The van der Waals surface area contributed by atoms with Crippen molar-refractivity contribution >= 4 is 35.0 Å². The molecule has 1 amide bonds. The van der Waals surface area contributed by atoms with Crippen molar-refractivity contribution in [2.45, 2.75) is 37.4 Å². The van der Waals surface area contributed by atoms with Gasteiger partial charge in [-0.15, -0.1) is 11.6 Å². The van der Waals surface area contributed by atoms with Crippen LogP contribution < -0.4 is 5.32 Å². The summed E-state index contributed by atoms with van der Waals surface area (Å²) in [6, 6.07) is 0. The van der Waals surface area contributed by atoms with Crippen LogP contribution in [0.2, 0.25) is 0 Å². The number of hydrogen-bond donors (Lipinski definition) is 3. The maximum atomic E-state index is 11.1. The molecule has 128 valence electrons. The number of nitrogens with zero attached hydrogens (tertiary/aromatic N) is 4. The van der Waals surface area contributed by atoms with E-state index in [1.165, 1.54) is 17.2 Å². The van der Waals surface area contributed by atoms with Gasteiger partial charge in [0.25, 0.3) is 0 Å². The van der Waals surface area contributed by atoms with Crippen molar-refractivity contribution in [3.63, 3.8) is 0 Å². The van der Waals surface area contributed by atoms with E-state index in [2.05, 4.69) is 20.3 Å². The van der Waals surface area contributed by atoms with Crippen LogP contribution >= 0.6 is 11.6 Å². The van der Waals surface area contributed by atoms with Crippen LogP contribution in [0, 0.1) is 5.41 Å². The van der Waals surface area contributed by atoms with Gasteiger partial charge in [-0.1, -0.05) is 13.8 Å². The fraction of sp³-hybridized carbons (Fsp3) is 0.571. The van der Waals surface area contributed by atoms with E-state index in [4.69, 9.17) is 16.3 Å². The number of aromatic nitrogens is 4. The largest absolute Gasteiger partial charge is 0.383 e. The molecule has 1 aliphatic heterocycles. The summed E-state index contributed by atoms with van der Waals surface area (Å²) in [4.78, 5) is 23.0. The standard InChI is InChI=1S/C14H16ClN5O4/c1-12(2)13(22)7(3-15)24-11(14(12,13)23)20-5-18-8-9(19-6-21)16-4-17-10(8)20/h4-7,11,22-23H,3H2,1-2H3,(H,16,17,19,21)/t7-,11-,13+,14-/m1/s1. The first kappa shape index (κ1) is 15.7. The number of imidazole rings is 1. The van der Waals surface area contributed by atoms with Gasteiger partial charge >= 0.3 is 0 Å². The number of ether oxygens (including phenoxy) is 1. The summed E-state index contributed by atoms with van der Waals surface area (Å²) in [6.07, 6.45) is 1.56.